The number of aryl methyl sites for hydroxylation is 2. The number of rotatable bonds is 4. The van der Waals surface area contributed by atoms with Crippen molar-refractivity contribution in [2.24, 2.45) is 0 Å². The highest BCUT2D eigenvalue weighted by molar-refractivity contribution is 6.20. The molecule has 9 heteroatoms. The minimum Gasteiger partial charge on any atom is -0.526 e. The summed E-state index contributed by atoms with van der Waals surface area (Å²) in [6.45, 7) is 2.95. The molecule has 0 heterocycles. The number of benzene rings is 2. The van der Waals surface area contributed by atoms with E-state index in [4.69, 9.17) is 9.31 Å². The molecule has 0 aliphatic heterocycles. The molecule has 0 unspecified atom stereocenters. The van der Waals surface area contributed by atoms with Crippen LogP contribution in [0.3, 0.4) is 0 Å². The van der Waals surface area contributed by atoms with Crippen LogP contribution in [0, 0.1) is 13.8 Å². The Balaban J connectivity index is 2.18. The Morgan fingerprint density at radius 2 is 1.04 bits per heavy atom. The van der Waals surface area contributed by atoms with Crippen LogP contribution in [0.1, 0.15) is 22.3 Å². The second kappa shape index (κ2) is 6.89. The molecular weight excluding hydrogens is 349 g/mol. The lowest BCUT2D eigenvalue weighted by molar-refractivity contribution is -0.139. The van der Waals surface area contributed by atoms with Crippen LogP contribution in [0.4, 0.5) is 26.3 Å². The lowest BCUT2D eigenvalue weighted by Gasteiger charge is -2.16. The predicted octanol–water partition coefficient (Wildman–Crippen LogP) is 5.33. The number of hydrogen-bond donors (Lipinski definition) is 0. The van der Waals surface area contributed by atoms with Gasteiger partial charge in [0.2, 0.25) is 0 Å². The van der Waals surface area contributed by atoms with E-state index in [9.17, 15) is 26.3 Å². The molecule has 0 saturated heterocycles. The first-order chi connectivity index (χ1) is 11.5. The molecule has 0 fully saturated rings. The second-order valence-electron chi connectivity index (χ2n) is 5.33. The fourth-order valence-corrected chi connectivity index (χ4v) is 2.06. The first kappa shape index (κ1) is 19.0. The molecule has 0 N–H and O–H groups in total. The maximum atomic E-state index is 13.0. The summed E-state index contributed by atoms with van der Waals surface area (Å²) in [6.07, 6.45) is -9.34. The van der Waals surface area contributed by atoms with E-state index in [2.05, 4.69) is 0 Å². The minimum absolute atomic E-state index is 0.360. The van der Waals surface area contributed by atoms with Crippen molar-refractivity contribution in [2.75, 3.05) is 0 Å². The topological polar surface area (TPSA) is 18.5 Å². The number of halogens is 6. The molecule has 133 valence electrons. The van der Waals surface area contributed by atoms with Gasteiger partial charge in [0, 0.05) is 0 Å². The molecule has 0 bridgehead atoms. The average molecular weight is 361 g/mol. The molecule has 0 atom stereocenters. The van der Waals surface area contributed by atoms with Gasteiger partial charge in [-0.3, -0.25) is 0 Å². The standard InChI is InChI=1S/C16H12BF6O2/c1-9-3-5-13(11(7-9)15(18,19)20)24-17-25-14-6-4-10(2)8-12(14)16(21,22)23/h3-8H,1-2H3. The Bertz CT molecular complexity index is 692. The maximum absolute atomic E-state index is 13.0. The summed E-state index contributed by atoms with van der Waals surface area (Å²) >= 11 is 0. The van der Waals surface area contributed by atoms with Crippen LogP contribution in [0.2, 0.25) is 0 Å². The van der Waals surface area contributed by atoms with Gasteiger partial charge in [0.15, 0.2) is 0 Å². The van der Waals surface area contributed by atoms with Gasteiger partial charge in [-0.2, -0.15) is 26.3 Å². The molecule has 0 aromatic heterocycles. The van der Waals surface area contributed by atoms with Crippen LogP contribution in [-0.4, -0.2) is 7.69 Å². The first-order valence-corrected chi connectivity index (χ1v) is 6.99. The Morgan fingerprint density at radius 1 is 0.680 bits per heavy atom. The summed E-state index contributed by atoms with van der Waals surface area (Å²) in [5.74, 6) is -1.14. The lowest BCUT2D eigenvalue weighted by Crippen LogP contribution is -2.17. The van der Waals surface area contributed by atoms with Gasteiger partial charge in [-0.25, -0.2) is 0 Å². The third kappa shape index (κ3) is 4.84. The van der Waals surface area contributed by atoms with Crippen molar-refractivity contribution < 1.29 is 35.7 Å². The summed E-state index contributed by atoms with van der Waals surface area (Å²) in [7, 11) is 0.444. The van der Waals surface area contributed by atoms with Gasteiger partial charge in [-0.1, -0.05) is 23.3 Å². The van der Waals surface area contributed by atoms with Gasteiger partial charge in [-0.05, 0) is 38.1 Å². The highest BCUT2D eigenvalue weighted by Gasteiger charge is 2.36. The molecule has 25 heavy (non-hydrogen) atoms. The molecule has 0 spiro atoms. The van der Waals surface area contributed by atoms with E-state index in [1.54, 1.807) is 0 Å². The van der Waals surface area contributed by atoms with E-state index in [-0.39, 0.29) is 0 Å². The zero-order valence-corrected chi connectivity index (χ0v) is 13.1. The van der Waals surface area contributed by atoms with Gasteiger partial charge in [-0.15, -0.1) is 0 Å². The third-order valence-electron chi connectivity index (χ3n) is 3.23. The van der Waals surface area contributed by atoms with Crippen molar-refractivity contribution in [3.63, 3.8) is 0 Å². The zero-order valence-electron chi connectivity index (χ0n) is 13.1. The molecule has 2 rings (SSSR count). The van der Waals surface area contributed by atoms with E-state index < -0.39 is 35.0 Å². The molecule has 2 aromatic carbocycles. The van der Waals surface area contributed by atoms with Crippen molar-refractivity contribution in [3.8, 4) is 11.5 Å². The second-order valence-corrected chi connectivity index (χ2v) is 5.33. The Hall–Kier alpha value is -2.32. The minimum atomic E-state index is -4.67. The molecule has 2 aromatic rings. The normalized spacial score (nSPS) is 12.0. The number of alkyl halides is 6. The van der Waals surface area contributed by atoms with Crippen molar-refractivity contribution in [2.45, 2.75) is 26.2 Å². The third-order valence-corrected chi connectivity index (χ3v) is 3.23. The van der Waals surface area contributed by atoms with Crippen molar-refractivity contribution in [1.82, 2.24) is 0 Å². The van der Waals surface area contributed by atoms with Gasteiger partial charge in [0.1, 0.15) is 11.5 Å². The fourth-order valence-electron chi connectivity index (χ4n) is 2.06. The summed E-state index contributed by atoms with van der Waals surface area (Å²) in [6, 6.07) is 6.64. The molecule has 2 nitrogen and oxygen atoms in total. The van der Waals surface area contributed by atoms with Gasteiger partial charge in [0.25, 0.3) is 0 Å². The Kier molecular flexibility index (Phi) is 5.24. The van der Waals surface area contributed by atoms with Crippen LogP contribution in [-0.2, 0) is 12.4 Å². The molecule has 0 amide bonds. The Labute approximate surface area is 140 Å². The van der Waals surface area contributed by atoms with Crippen molar-refractivity contribution >= 4 is 7.69 Å². The van der Waals surface area contributed by atoms with E-state index >= 15 is 0 Å². The van der Waals surface area contributed by atoms with Crippen molar-refractivity contribution in [3.05, 3.63) is 58.7 Å². The summed E-state index contributed by atoms with van der Waals surface area (Å²) < 4.78 is 87.3. The Morgan fingerprint density at radius 3 is 1.36 bits per heavy atom. The SMILES string of the molecule is Cc1ccc(O[B]Oc2ccc(C)cc2C(F)(F)F)c(C(F)(F)F)c1. The average Bonchev–Trinajstić information content (AvgIpc) is 2.48. The first-order valence-electron chi connectivity index (χ1n) is 6.99. The molecule has 1 radical (unpaired) electrons. The van der Waals surface area contributed by atoms with Gasteiger partial charge < -0.3 is 9.31 Å². The summed E-state index contributed by atoms with van der Waals surface area (Å²) in [5.41, 5.74) is -1.38. The van der Waals surface area contributed by atoms with Crippen LogP contribution >= 0.6 is 0 Å². The van der Waals surface area contributed by atoms with Crippen LogP contribution in [0.15, 0.2) is 36.4 Å². The largest absolute Gasteiger partial charge is 0.658 e. The van der Waals surface area contributed by atoms with E-state index in [1.165, 1.54) is 26.0 Å². The molecule has 0 aliphatic rings. The van der Waals surface area contributed by atoms with E-state index in [0.29, 0.717) is 18.8 Å². The lowest BCUT2D eigenvalue weighted by atomic mass is 10.1. The summed E-state index contributed by atoms with van der Waals surface area (Å²) in [4.78, 5) is 0. The highest BCUT2D eigenvalue weighted by Crippen LogP contribution is 2.38. The van der Waals surface area contributed by atoms with Crippen molar-refractivity contribution in [1.29, 1.82) is 0 Å². The van der Waals surface area contributed by atoms with E-state index in [0.717, 1.165) is 24.3 Å². The predicted molar refractivity (Wildman–Crippen MR) is 79.4 cm³/mol. The highest BCUT2D eigenvalue weighted by atomic mass is 19.4. The van der Waals surface area contributed by atoms with E-state index in [1.807, 2.05) is 0 Å². The molecular formula is C16H12BF6O2. The molecule has 0 saturated carbocycles. The van der Waals surface area contributed by atoms with Crippen LogP contribution in [0.25, 0.3) is 0 Å². The number of hydrogen-bond acceptors (Lipinski definition) is 2. The monoisotopic (exact) mass is 361 g/mol. The smallest absolute Gasteiger partial charge is 0.526 e. The molecule has 0 aliphatic carbocycles. The van der Waals surface area contributed by atoms with Gasteiger partial charge in [0.05, 0.1) is 11.1 Å². The quantitative estimate of drug-likeness (QED) is 0.541. The fraction of sp³-hybridized carbons (Fsp3) is 0.250. The zero-order chi connectivity index (χ0) is 18.8. The van der Waals surface area contributed by atoms with Gasteiger partial charge >= 0.3 is 20.0 Å². The summed E-state index contributed by atoms with van der Waals surface area (Å²) in [5, 5.41) is 0. The van der Waals surface area contributed by atoms with Crippen LogP contribution < -0.4 is 9.31 Å². The van der Waals surface area contributed by atoms with Crippen LogP contribution in [0.5, 0.6) is 11.5 Å². The maximum Gasteiger partial charge on any atom is 0.658 e.